The fourth-order valence-corrected chi connectivity index (χ4v) is 1.02. The Morgan fingerprint density at radius 3 is 2.50 bits per heavy atom. The highest BCUT2D eigenvalue weighted by atomic mass is 16.3. The zero-order valence-electron chi connectivity index (χ0n) is 6.90. The molecule has 0 saturated heterocycles. The summed E-state index contributed by atoms with van der Waals surface area (Å²) >= 11 is 0. The molecule has 0 atom stereocenters. The lowest BCUT2D eigenvalue weighted by Gasteiger charge is -1.87. The van der Waals surface area contributed by atoms with E-state index in [4.69, 9.17) is 4.42 Å². The third kappa shape index (κ3) is 1.41. The van der Waals surface area contributed by atoms with Crippen LogP contribution < -0.4 is 0 Å². The number of hydrogen-bond acceptors (Lipinski definition) is 1. The third-order valence-electron chi connectivity index (χ3n) is 1.71. The molecule has 1 rings (SSSR count). The molecule has 0 radical (unpaired) electrons. The molecule has 0 amide bonds. The van der Waals surface area contributed by atoms with Crippen LogP contribution in [-0.4, -0.2) is 0 Å². The maximum Gasteiger partial charge on any atom is 0.104 e. The van der Waals surface area contributed by atoms with Crippen molar-refractivity contribution in [1.29, 1.82) is 0 Å². The first-order valence-corrected chi connectivity index (χ1v) is 3.80. The quantitative estimate of drug-likeness (QED) is 0.612. The van der Waals surface area contributed by atoms with Crippen molar-refractivity contribution in [1.82, 2.24) is 0 Å². The van der Waals surface area contributed by atoms with Crippen molar-refractivity contribution in [3.8, 4) is 0 Å². The van der Waals surface area contributed by atoms with Crippen molar-refractivity contribution in [2.45, 2.75) is 33.6 Å². The minimum atomic E-state index is 1.06. The van der Waals surface area contributed by atoms with Gasteiger partial charge in [0.05, 0.1) is 0 Å². The van der Waals surface area contributed by atoms with Gasteiger partial charge < -0.3 is 4.42 Å². The lowest BCUT2D eigenvalue weighted by molar-refractivity contribution is 0.479. The van der Waals surface area contributed by atoms with Crippen LogP contribution in [0.3, 0.4) is 0 Å². The fourth-order valence-electron chi connectivity index (χ4n) is 1.02. The van der Waals surface area contributed by atoms with Gasteiger partial charge in [-0.2, -0.15) is 0 Å². The molecule has 0 N–H and O–H groups in total. The van der Waals surface area contributed by atoms with Gasteiger partial charge in [0.25, 0.3) is 0 Å². The van der Waals surface area contributed by atoms with E-state index in [0.29, 0.717) is 0 Å². The summed E-state index contributed by atoms with van der Waals surface area (Å²) < 4.78 is 5.45. The Morgan fingerprint density at radius 2 is 2.10 bits per heavy atom. The SMILES string of the molecule is CCCc1cc(C)c(C)o1. The molecule has 0 fully saturated rings. The highest BCUT2D eigenvalue weighted by Gasteiger charge is 2.00. The summed E-state index contributed by atoms with van der Waals surface area (Å²) in [6.45, 7) is 6.25. The van der Waals surface area contributed by atoms with E-state index >= 15 is 0 Å². The number of rotatable bonds is 2. The third-order valence-corrected chi connectivity index (χ3v) is 1.71. The van der Waals surface area contributed by atoms with E-state index in [2.05, 4.69) is 19.9 Å². The molecule has 1 aromatic heterocycles. The van der Waals surface area contributed by atoms with E-state index in [1.54, 1.807) is 0 Å². The molecule has 0 saturated carbocycles. The normalized spacial score (nSPS) is 10.3. The summed E-state index contributed by atoms with van der Waals surface area (Å²) in [7, 11) is 0. The molecule has 0 unspecified atom stereocenters. The van der Waals surface area contributed by atoms with E-state index < -0.39 is 0 Å². The summed E-state index contributed by atoms with van der Waals surface area (Å²) in [4.78, 5) is 0. The van der Waals surface area contributed by atoms with Crippen LogP contribution in [0.2, 0.25) is 0 Å². The summed E-state index contributed by atoms with van der Waals surface area (Å²) in [6.07, 6.45) is 2.22. The molecule has 0 spiro atoms. The second-order valence-corrected chi connectivity index (χ2v) is 2.70. The van der Waals surface area contributed by atoms with E-state index in [9.17, 15) is 0 Å². The molecule has 10 heavy (non-hydrogen) atoms. The second kappa shape index (κ2) is 2.91. The van der Waals surface area contributed by atoms with Crippen LogP contribution in [0.15, 0.2) is 10.5 Å². The van der Waals surface area contributed by atoms with Crippen molar-refractivity contribution in [3.63, 3.8) is 0 Å². The molecular weight excluding hydrogens is 124 g/mol. The lowest BCUT2D eigenvalue weighted by atomic mass is 10.2. The summed E-state index contributed by atoms with van der Waals surface area (Å²) in [5, 5.41) is 0. The van der Waals surface area contributed by atoms with Gasteiger partial charge in [-0.3, -0.25) is 0 Å². The van der Waals surface area contributed by atoms with Gasteiger partial charge in [0.15, 0.2) is 0 Å². The molecule has 0 aliphatic carbocycles. The fraction of sp³-hybridized carbons (Fsp3) is 0.556. The standard InChI is InChI=1S/C9H14O/c1-4-5-9-6-7(2)8(3)10-9/h6H,4-5H2,1-3H3. The van der Waals surface area contributed by atoms with Crippen molar-refractivity contribution in [2.75, 3.05) is 0 Å². The van der Waals surface area contributed by atoms with Crippen LogP contribution in [0.25, 0.3) is 0 Å². The highest BCUT2D eigenvalue weighted by Crippen LogP contribution is 2.13. The Hall–Kier alpha value is -0.720. The molecule has 1 heteroatoms. The van der Waals surface area contributed by atoms with Gasteiger partial charge in [-0.05, 0) is 31.9 Å². The van der Waals surface area contributed by atoms with E-state index in [1.165, 1.54) is 5.56 Å². The van der Waals surface area contributed by atoms with E-state index in [0.717, 1.165) is 24.4 Å². The maximum atomic E-state index is 5.45. The van der Waals surface area contributed by atoms with Crippen LogP contribution in [-0.2, 0) is 6.42 Å². The van der Waals surface area contributed by atoms with E-state index in [-0.39, 0.29) is 0 Å². The molecule has 1 heterocycles. The van der Waals surface area contributed by atoms with Crippen molar-refractivity contribution < 1.29 is 4.42 Å². The predicted octanol–water partition coefficient (Wildman–Crippen LogP) is 2.85. The molecular formula is C9H14O. The van der Waals surface area contributed by atoms with Gasteiger partial charge in [0, 0.05) is 6.42 Å². The van der Waals surface area contributed by atoms with Crippen molar-refractivity contribution >= 4 is 0 Å². The molecule has 0 aliphatic heterocycles. The highest BCUT2D eigenvalue weighted by molar-refractivity contribution is 5.18. The van der Waals surface area contributed by atoms with Crippen LogP contribution >= 0.6 is 0 Å². The first-order valence-electron chi connectivity index (χ1n) is 3.80. The molecule has 1 aromatic rings. The van der Waals surface area contributed by atoms with Gasteiger partial charge in [-0.15, -0.1) is 0 Å². The van der Waals surface area contributed by atoms with Crippen LogP contribution in [0, 0.1) is 13.8 Å². The Balaban J connectivity index is 2.77. The number of hydrogen-bond donors (Lipinski definition) is 0. The second-order valence-electron chi connectivity index (χ2n) is 2.70. The lowest BCUT2D eigenvalue weighted by Crippen LogP contribution is -1.74. The minimum absolute atomic E-state index is 1.06. The maximum absolute atomic E-state index is 5.45. The number of furan rings is 1. The summed E-state index contributed by atoms with van der Waals surface area (Å²) in [5.41, 5.74) is 1.27. The van der Waals surface area contributed by atoms with Gasteiger partial charge in [0.1, 0.15) is 11.5 Å². The number of aryl methyl sites for hydroxylation is 3. The van der Waals surface area contributed by atoms with Gasteiger partial charge in [0.2, 0.25) is 0 Å². The Kier molecular flexibility index (Phi) is 2.15. The smallest absolute Gasteiger partial charge is 0.104 e. The van der Waals surface area contributed by atoms with Crippen LogP contribution in [0.4, 0.5) is 0 Å². The van der Waals surface area contributed by atoms with Crippen molar-refractivity contribution in [2.24, 2.45) is 0 Å². The van der Waals surface area contributed by atoms with E-state index in [1.807, 2.05) is 6.92 Å². The Morgan fingerprint density at radius 1 is 1.40 bits per heavy atom. The van der Waals surface area contributed by atoms with Crippen LogP contribution in [0.5, 0.6) is 0 Å². The Labute approximate surface area is 62.1 Å². The molecule has 0 aromatic carbocycles. The summed E-state index contributed by atoms with van der Waals surface area (Å²) in [5.74, 6) is 2.18. The molecule has 0 aliphatic rings. The topological polar surface area (TPSA) is 13.1 Å². The molecule has 56 valence electrons. The van der Waals surface area contributed by atoms with Gasteiger partial charge >= 0.3 is 0 Å². The monoisotopic (exact) mass is 138 g/mol. The zero-order chi connectivity index (χ0) is 7.56. The summed E-state index contributed by atoms with van der Waals surface area (Å²) in [6, 6.07) is 2.12. The zero-order valence-corrected chi connectivity index (χ0v) is 6.90. The van der Waals surface area contributed by atoms with Crippen molar-refractivity contribution in [3.05, 3.63) is 23.2 Å². The average molecular weight is 138 g/mol. The first-order chi connectivity index (χ1) is 4.74. The Bertz CT molecular complexity index is 191. The van der Waals surface area contributed by atoms with Crippen LogP contribution in [0.1, 0.15) is 30.4 Å². The van der Waals surface area contributed by atoms with Gasteiger partial charge in [-0.25, -0.2) is 0 Å². The predicted molar refractivity (Wildman–Crippen MR) is 42.2 cm³/mol. The largest absolute Gasteiger partial charge is 0.466 e. The molecule has 1 nitrogen and oxygen atoms in total. The van der Waals surface area contributed by atoms with Gasteiger partial charge in [-0.1, -0.05) is 6.92 Å². The minimum Gasteiger partial charge on any atom is -0.466 e. The molecule has 0 bridgehead atoms. The average Bonchev–Trinajstić information content (AvgIpc) is 2.14. The first kappa shape index (κ1) is 7.39.